The molecule has 1 aromatic carbocycles. The van der Waals surface area contributed by atoms with Crippen LogP contribution in [0.25, 0.3) is 0 Å². The van der Waals surface area contributed by atoms with Crippen molar-refractivity contribution in [1.29, 1.82) is 0 Å². The van der Waals surface area contributed by atoms with Gasteiger partial charge in [0, 0.05) is 47.8 Å². The van der Waals surface area contributed by atoms with Crippen molar-refractivity contribution in [2.75, 3.05) is 14.1 Å². The second-order valence-corrected chi connectivity index (χ2v) is 10.9. The predicted molar refractivity (Wildman–Crippen MR) is 136 cm³/mol. The maximum absolute atomic E-state index is 13.1. The standard InChI is InChI=1S/C26H34BrN3O4/c1-14-11-15(2)29-25(32)20(14)13-28-24(31)19-12-21(27)23-22(16(19)3)33-26(4,34-23)17-7-9-18(10-8-17)30(5)6/h11-12,17-18H,7-10,13H2,1-6H3,(H,28,31)(H,29,32)/t17-,18+,26?. The summed E-state index contributed by atoms with van der Waals surface area (Å²) in [6.07, 6.45) is 4.28. The van der Waals surface area contributed by atoms with Gasteiger partial charge in [-0.05, 0) is 94.2 Å². The number of amides is 1. The molecule has 2 N–H and O–H groups in total. The first-order valence-electron chi connectivity index (χ1n) is 11.8. The third kappa shape index (κ3) is 4.62. The molecule has 2 heterocycles. The molecule has 0 saturated heterocycles. The number of hydrogen-bond acceptors (Lipinski definition) is 5. The van der Waals surface area contributed by atoms with Gasteiger partial charge in [0.15, 0.2) is 11.5 Å². The monoisotopic (exact) mass is 531 g/mol. The molecule has 8 heteroatoms. The highest BCUT2D eigenvalue weighted by Crippen LogP contribution is 2.51. The molecule has 1 unspecified atom stereocenters. The number of ether oxygens (including phenoxy) is 2. The Balaban J connectivity index is 1.52. The van der Waals surface area contributed by atoms with Crippen LogP contribution in [-0.2, 0) is 6.54 Å². The Morgan fingerprint density at radius 3 is 2.41 bits per heavy atom. The van der Waals surface area contributed by atoms with E-state index >= 15 is 0 Å². The first-order valence-corrected chi connectivity index (χ1v) is 12.6. The molecule has 2 aromatic rings. The summed E-state index contributed by atoms with van der Waals surface area (Å²) >= 11 is 3.59. The molecule has 1 fully saturated rings. The lowest BCUT2D eigenvalue weighted by Crippen LogP contribution is -2.46. The van der Waals surface area contributed by atoms with Crippen LogP contribution in [0.3, 0.4) is 0 Å². The number of H-pyrrole nitrogens is 1. The normalized spacial score (nSPS) is 23.9. The molecule has 0 spiro atoms. The van der Waals surface area contributed by atoms with Crippen molar-refractivity contribution < 1.29 is 14.3 Å². The summed E-state index contributed by atoms with van der Waals surface area (Å²) in [6.45, 7) is 7.75. The molecule has 1 atom stereocenters. The molecule has 0 bridgehead atoms. The van der Waals surface area contributed by atoms with Gasteiger partial charge >= 0.3 is 0 Å². The summed E-state index contributed by atoms with van der Waals surface area (Å²) in [6, 6.07) is 4.27. The Morgan fingerprint density at radius 1 is 1.15 bits per heavy atom. The number of aromatic nitrogens is 1. The fraction of sp³-hybridized carbons (Fsp3) is 0.538. The van der Waals surface area contributed by atoms with E-state index in [-0.39, 0.29) is 23.9 Å². The van der Waals surface area contributed by atoms with E-state index in [1.807, 2.05) is 33.8 Å². The number of nitrogens with one attached hydrogen (secondary N) is 2. The Labute approximate surface area is 209 Å². The molecular formula is C26H34BrN3O4. The van der Waals surface area contributed by atoms with E-state index in [0.717, 1.165) is 42.5 Å². The molecular weight excluding hydrogens is 498 g/mol. The van der Waals surface area contributed by atoms with E-state index in [1.54, 1.807) is 6.07 Å². The minimum Gasteiger partial charge on any atom is -0.448 e. The summed E-state index contributed by atoms with van der Waals surface area (Å²) in [5.41, 5.74) is 3.25. The van der Waals surface area contributed by atoms with Crippen LogP contribution in [0.5, 0.6) is 11.5 Å². The Bertz CT molecular complexity index is 1170. The second-order valence-electron chi connectivity index (χ2n) is 10.0. The van der Waals surface area contributed by atoms with E-state index in [1.165, 1.54) is 0 Å². The zero-order chi connectivity index (χ0) is 24.8. The van der Waals surface area contributed by atoms with Crippen molar-refractivity contribution in [3.63, 3.8) is 0 Å². The molecule has 34 heavy (non-hydrogen) atoms. The quantitative estimate of drug-likeness (QED) is 0.588. The van der Waals surface area contributed by atoms with E-state index in [2.05, 4.69) is 45.2 Å². The minimum atomic E-state index is -0.756. The van der Waals surface area contributed by atoms with E-state index in [0.29, 0.717) is 33.1 Å². The largest absolute Gasteiger partial charge is 0.448 e. The van der Waals surface area contributed by atoms with E-state index in [9.17, 15) is 9.59 Å². The van der Waals surface area contributed by atoms with Crippen LogP contribution in [0.2, 0.25) is 0 Å². The van der Waals surface area contributed by atoms with Crippen LogP contribution >= 0.6 is 15.9 Å². The molecule has 1 aliphatic heterocycles. The molecule has 2 aliphatic rings. The fourth-order valence-corrected chi connectivity index (χ4v) is 5.72. The van der Waals surface area contributed by atoms with Crippen LogP contribution in [-0.4, -0.2) is 41.7 Å². The highest BCUT2D eigenvalue weighted by molar-refractivity contribution is 9.10. The number of carbonyl (C=O) groups is 1. The van der Waals surface area contributed by atoms with Crippen molar-refractivity contribution >= 4 is 21.8 Å². The molecule has 7 nitrogen and oxygen atoms in total. The van der Waals surface area contributed by atoms with Gasteiger partial charge in [0.25, 0.3) is 17.3 Å². The molecule has 1 aromatic heterocycles. The lowest BCUT2D eigenvalue weighted by Gasteiger charge is -2.39. The lowest BCUT2D eigenvalue weighted by molar-refractivity contribution is -0.123. The third-order valence-electron chi connectivity index (χ3n) is 7.38. The minimum absolute atomic E-state index is 0.151. The zero-order valence-corrected chi connectivity index (χ0v) is 22.4. The number of hydrogen-bond donors (Lipinski definition) is 2. The fourth-order valence-electron chi connectivity index (χ4n) is 5.23. The number of pyridine rings is 1. The van der Waals surface area contributed by atoms with Crippen LogP contribution < -0.4 is 20.3 Å². The van der Waals surface area contributed by atoms with Crippen LogP contribution in [0.15, 0.2) is 21.4 Å². The second kappa shape index (κ2) is 9.38. The van der Waals surface area contributed by atoms with Gasteiger partial charge in [-0.1, -0.05) is 0 Å². The highest BCUT2D eigenvalue weighted by Gasteiger charge is 2.47. The smallest absolute Gasteiger partial charge is 0.253 e. The summed E-state index contributed by atoms with van der Waals surface area (Å²) in [7, 11) is 4.27. The molecule has 1 amide bonds. The van der Waals surface area contributed by atoms with Crippen LogP contribution in [0.4, 0.5) is 0 Å². The predicted octanol–water partition coefficient (Wildman–Crippen LogP) is 4.60. The number of rotatable bonds is 5. The van der Waals surface area contributed by atoms with E-state index in [4.69, 9.17) is 9.47 Å². The van der Waals surface area contributed by atoms with Crippen LogP contribution in [0, 0.1) is 26.7 Å². The van der Waals surface area contributed by atoms with Crippen molar-refractivity contribution in [2.45, 2.75) is 71.8 Å². The topological polar surface area (TPSA) is 83.7 Å². The molecule has 4 rings (SSSR count). The Hall–Kier alpha value is -2.32. The molecule has 184 valence electrons. The number of fused-ring (bicyclic) bond motifs is 1. The summed E-state index contributed by atoms with van der Waals surface area (Å²) in [5.74, 6) is 0.520. The number of carbonyl (C=O) groups excluding carboxylic acids is 1. The highest BCUT2D eigenvalue weighted by atomic mass is 79.9. The van der Waals surface area contributed by atoms with Gasteiger partial charge in [0.2, 0.25) is 0 Å². The average Bonchev–Trinajstić information content (AvgIpc) is 3.15. The van der Waals surface area contributed by atoms with E-state index < -0.39 is 5.79 Å². The zero-order valence-electron chi connectivity index (χ0n) is 20.8. The number of benzene rings is 1. The van der Waals surface area contributed by atoms with Crippen molar-refractivity contribution in [1.82, 2.24) is 15.2 Å². The van der Waals surface area contributed by atoms with Gasteiger partial charge in [-0.2, -0.15) is 0 Å². The summed E-state index contributed by atoms with van der Waals surface area (Å²) in [4.78, 5) is 30.5. The van der Waals surface area contributed by atoms with Crippen LogP contribution in [0.1, 0.15) is 65.3 Å². The molecule has 0 radical (unpaired) electrons. The molecule has 1 saturated carbocycles. The maximum atomic E-state index is 13.1. The van der Waals surface area contributed by atoms with Crippen molar-refractivity contribution in [3.05, 3.63) is 54.9 Å². The number of halogens is 1. The summed E-state index contributed by atoms with van der Waals surface area (Å²) < 4.78 is 13.5. The van der Waals surface area contributed by atoms with Gasteiger partial charge in [-0.3, -0.25) is 9.59 Å². The lowest BCUT2D eigenvalue weighted by atomic mass is 9.81. The third-order valence-corrected chi connectivity index (χ3v) is 7.97. The van der Waals surface area contributed by atoms with Gasteiger partial charge in [-0.25, -0.2) is 0 Å². The maximum Gasteiger partial charge on any atom is 0.253 e. The first-order chi connectivity index (χ1) is 16.0. The van der Waals surface area contributed by atoms with Gasteiger partial charge in [-0.15, -0.1) is 0 Å². The van der Waals surface area contributed by atoms with Gasteiger partial charge in [0.1, 0.15) is 0 Å². The Morgan fingerprint density at radius 2 is 1.79 bits per heavy atom. The number of nitrogens with zero attached hydrogens (tertiary/aromatic N) is 1. The van der Waals surface area contributed by atoms with Gasteiger partial charge in [0.05, 0.1) is 4.47 Å². The number of aryl methyl sites for hydroxylation is 2. The Kier molecular flexibility index (Phi) is 6.84. The molecule has 1 aliphatic carbocycles. The van der Waals surface area contributed by atoms with Gasteiger partial charge < -0.3 is 24.7 Å². The van der Waals surface area contributed by atoms with Crippen molar-refractivity contribution in [3.8, 4) is 11.5 Å². The average molecular weight is 532 g/mol. The number of aromatic amines is 1. The van der Waals surface area contributed by atoms with Crippen molar-refractivity contribution in [2.24, 2.45) is 5.92 Å². The first kappa shape index (κ1) is 24.8. The SMILES string of the molecule is Cc1cc(C)c(CNC(=O)c2cc(Br)c3c(c2C)OC(C)([C@H]2CC[C@@H](N(C)C)CC2)O3)c(=O)[nH]1. The summed E-state index contributed by atoms with van der Waals surface area (Å²) in [5, 5.41) is 2.89.